The van der Waals surface area contributed by atoms with E-state index in [4.69, 9.17) is 0 Å². The highest BCUT2D eigenvalue weighted by atomic mass is 16.1. The molecule has 3 fully saturated rings. The first kappa shape index (κ1) is 14.3. The average molecular weight is 279 g/mol. The van der Waals surface area contributed by atoms with Crippen LogP contribution in [0.3, 0.4) is 0 Å². The van der Waals surface area contributed by atoms with Gasteiger partial charge in [0.05, 0.1) is 0 Å². The molecule has 0 bridgehead atoms. The van der Waals surface area contributed by atoms with E-state index in [-0.39, 0.29) is 5.91 Å². The number of nitrogens with one attached hydrogen (secondary N) is 2. The van der Waals surface area contributed by atoms with Crippen LogP contribution in [0.5, 0.6) is 0 Å². The number of rotatable bonds is 5. The van der Waals surface area contributed by atoms with Crippen LogP contribution >= 0.6 is 0 Å². The number of likely N-dealkylation sites (tertiary alicyclic amines) is 1. The minimum absolute atomic E-state index is 0.286. The average Bonchev–Trinajstić information content (AvgIpc) is 3.32. The van der Waals surface area contributed by atoms with Gasteiger partial charge in [-0.15, -0.1) is 0 Å². The van der Waals surface area contributed by atoms with Crippen molar-refractivity contribution in [2.45, 2.75) is 63.5 Å². The van der Waals surface area contributed by atoms with E-state index in [0.29, 0.717) is 6.04 Å². The Morgan fingerprint density at radius 2 is 1.75 bits per heavy atom. The summed E-state index contributed by atoms with van der Waals surface area (Å²) in [7, 11) is 0. The molecule has 0 spiro atoms. The van der Waals surface area contributed by atoms with Crippen molar-refractivity contribution in [3.63, 3.8) is 0 Å². The number of amides is 1. The molecule has 2 N–H and O–H groups in total. The summed E-state index contributed by atoms with van der Waals surface area (Å²) in [6.07, 6.45) is 9.38. The van der Waals surface area contributed by atoms with Gasteiger partial charge in [-0.3, -0.25) is 4.79 Å². The van der Waals surface area contributed by atoms with Crippen LogP contribution in [0.2, 0.25) is 0 Å². The minimum Gasteiger partial charge on any atom is -0.353 e. The summed E-state index contributed by atoms with van der Waals surface area (Å²) in [5.74, 6) is 1.05. The highest BCUT2D eigenvalue weighted by Crippen LogP contribution is 2.29. The first-order valence-electron chi connectivity index (χ1n) is 8.55. The SMILES string of the molecule is O=C(CCC1CCNCC1)NC1CCN(C2CC2)CC1. The Kier molecular flexibility index (Phi) is 4.94. The molecule has 3 aliphatic rings. The minimum atomic E-state index is 0.286. The van der Waals surface area contributed by atoms with E-state index in [1.54, 1.807) is 0 Å². The van der Waals surface area contributed by atoms with Gasteiger partial charge < -0.3 is 15.5 Å². The van der Waals surface area contributed by atoms with E-state index in [1.165, 1.54) is 38.8 Å². The standard InChI is InChI=1S/C16H29N3O/c20-16(4-1-13-5-9-17-10-6-13)18-14-7-11-19(12-8-14)15-2-3-15/h13-15,17H,1-12H2,(H,18,20). The van der Waals surface area contributed by atoms with Gasteiger partial charge >= 0.3 is 0 Å². The summed E-state index contributed by atoms with van der Waals surface area (Å²) < 4.78 is 0. The predicted octanol–water partition coefficient (Wildman–Crippen LogP) is 1.51. The smallest absolute Gasteiger partial charge is 0.220 e. The monoisotopic (exact) mass is 279 g/mol. The van der Waals surface area contributed by atoms with E-state index < -0.39 is 0 Å². The van der Waals surface area contributed by atoms with Gasteiger partial charge in [-0.1, -0.05) is 0 Å². The number of piperidine rings is 2. The molecule has 114 valence electrons. The second-order valence-electron chi connectivity index (χ2n) is 6.84. The fourth-order valence-electron chi connectivity index (χ4n) is 3.65. The normalized spacial score (nSPS) is 26.6. The van der Waals surface area contributed by atoms with Crippen LogP contribution in [-0.4, -0.2) is 49.1 Å². The Morgan fingerprint density at radius 1 is 1.05 bits per heavy atom. The van der Waals surface area contributed by atoms with Gasteiger partial charge in [0.1, 0.15) is 0 Å². The Labute approximate surface area is 122 Å². The second kappa shape index (κ2) is 6.90. The molecule has 2 aliphatic heterocycles. The quantitative estimate of drug-likeness (QED) is 0.802. The maximum atomic E-state index is 12.0. The number of hydrogen-bond donors (Lipinski definition) is 2. The van der Waals surface area contributed by atoms with Crippen molar-refractivity contribution in [1.82, 2.24) is 15.5 Å². The zero-order valence-electron chi connectivity index (χ0n) is 12.6. The number of nitrogens with zero attached hydrogens (tertiary/aromatic N) is 1. The topological polar surface area (TPSA) is 44.4 Å². The Hall–Kier alpha value is -0.610. The zero-order chi connectivity index (χ0) is 13.8. The molecule has 1 aliphatic carbocycles. The Balaban J connectivity index is 1.30. The van der Waals surface area contributed by atoms with Gasteiger partial charge in [-0.2, -0.15) is 0 Å². The Bertz CT molecular complexity index is 316. The lowest BCUT2D eigenvalue weighted by atomic mass is 9.93. The van der Waals surface area contributed by atoms with Crippen LogP contribution in [0, 0.1) is 5.92 Å². The van der Waals surface area contributed by atoms with Gasteiger partial charge in [0.25, 0.3) is 0 Å². The van der Waals surface area contributed by atoms with Gasteiger partial charge in [-0.05, 0) is 64.0 Å². The second-order valence-corrected chi connectivity index (χ2v) is 6.84. The number of carbonyl (C=O) groups excluding carboxylic acids is 1. The predicted molar refractivity (Wildman–Crippen MR) is 80.6 cm³/mol. The number of carbonyl (C=O) groups is 1. The molecule has 0 unspecified atom stereocenters. The zero-order valence-corrected chi connectivity index (χ0v) is 12.6. The Morgan fingerprint density at radius 3 is 2.40 bits per heavy atom. The van der Waals surface area contributed by atoms with Crippen molar-refractivity contribution in [3.8, 4) is 0 Å². The van der Waals surface area contributed by atoms with Gasteiger partial charge in [0.15, 0.2) is 0 Å². The molecule has 0 aromatic carbocycles. The third kappa shape index (κ3) is 4.19. The lowest BCUT2D eigenvalue weighted by Gasteiger charge is -2.32. The van der Waals surface area contributed by atoms with Crippen LogP contribution in [0.15, 0.2) is 0 Å². The first-order valence-corrected chi connectivity index (χ1v) is 8.55. The maximum absolute atomic E-state index is 12.0. The van der Waals surface area contributed by atoms with Crippen LogP contribution < -0.4 is 10.6 Å². The molecule has 4 heteroatoms. The van der Waals surface area contributed by atoms with Crippen molar-refractivity contribution in [2.24, 2.45) is 5.92 Å². The van der Waals surface area contributed by atoms with Gasteiger partial charge in [-0.25, -0.2) is 0 Å². The van der Waals surface area contributed by atoms with Gasteiger partial charge in [0, 0.05) is 31.6 Å². The summed E-state index contributed by atoms with van der Waals surface area (Å²) in [5, 5.41) is 6.64. The molecule has 4 nitrogen and oxygen atoms in total. The van der Waals surface area contributed by atoms with Crippen molar-refractivity contribution in [3.05, 3.63) is 0 Å². The number of hydrogen-bond acceptors (Lipinski definition) is 3. The molecule has 2 heterocycles. The molecular weight excluding hydrogens is 250 g/mol. The molecule has 0 aromatic rings. The molecule has 1 saturated carbocycles. The third-order valence-corrected chi connectivity index (χ3v) is 5.20. The molecule has 3 rings (SSSR count). The summed E-state index contributed by atoms with van der Waals surface area (Å²) in [6, 6.07) is 1.32. The highest BCUT2D eigenvalue weighted by Gasteiger charge is 2.32. The van der Waals surface area contributed by atoms with Crippen LogP contribution in [-0.2, 0) is 4.79 Å². The van der Waals surface area contributed by atoms with E-state index in [9.17, 15) is 4.79 Å². The summed E-state index contributed by atoms with van der Waals surface area (Å²) in [4.78, 5) is 14.7. The van der Waals surface area contributed by atoms with Crippen LogP contribution in [0.1, 0.15) is 51.4 Å². The van der Waals surface area contributed by atoms with E-state index in [0.717, 1.165) is 50.7 Å². The molecule has 1 amide bonds. The molecule has 2 saturated heterocycles. The van der Waals surface area contributed by atoms with Gasteiger partial charge in [0.2, 0.25) is 5.91 Å². The van der Waals surface area contributed by atoms with Crippen molar-refractivity contribution >= 4 is 5.91 Å². The summed E-state index contributed by atoms with van der Waals surface area (Å²) in [5.41, 5.74) is 0. The molecule has 0 radical (unpaired) electrons. The van der Waals surface area contributed by atoms with E-state index in [2.05, 4.69) is 15.5 Å². The lowest BCUT2D eigenvalue weighted by Crippen LogP contribution is -2.45. The first-order chi connectivity index (χ1) is 9.81. The van der Waals surface area contributed by atoms with E-state index >= 15 is 0 Å². The van der Waals surface area contributed by atoms with Crippen molar-refractivity contribution in [2.75, 3.05) is 26.2 Å². The van der Waals surface area contributed by atoms with Crippen molar-refractivity contribution in [1.29, 1.82) is 0 Å². The molecular formula is C16H29N3O. The molecule has 0 atom stereocenters. The van der Waals surface area contributed by atoms with Crippen LogP contribution in [0.25, 0.3) is 0 Å². The largest absolute Gasteiger partial charge is 0.353 e. The maximum Gasteiger partial charge on any atom is 0.220 e. The molecule has 0 aromatic heterocycles. The fraction of sp³-hybridized carbons (Fsp3) is 0.938. The van der Waals surface area contributed by atoms with Crippen molar-refractivity contribution < 1.29 is 4.79 Å². The summed E-state index contributed by atoms with van der Waals surface area (Å²) >= 11 is 0. The lowest BCUT2D eigenvalue weighted by molar-refractivity contribution is -0.122. The third-order valence-electron chi connectivity index (χ3n) is 5.20. The van der Waals surface area contributed by atoms with Crippen LogP contribution in [0.4, 0.5) is 0 Å². The highest BCUT2D eigenvalue weighted by molar-refractivity contribution is 5.76. The summed E-state index contributed by atoms with van der Waals surface area (Å²) in [6.45, 7) is 4.63. The van der Waals surface area contributed by atoms with E-state index in [1.807, 2.05) is 0 Å². The molecule has 20 heavy (non-hydrogen) atoms. The fourth-order valence-corrected chi connectivity index (χ4v) is 3.65.